The normalized spacial score (nSPS) is 10.7. The summed E-state index contributed by atoms with van der Waals surface area (Å²) in [7, 11) is 0. The summed E-state index contributed by atoms with van der Waals surface area (Å²) in [5.74, 6) is -2.12. The van der Waals surface area contributed by atoms with Gasteiger partial charge in [0.05, 0.1) is 5.52 Å². The summed E-state index contributed by atoms with van der Waals surface area (Å²) in [4.78, 5) is 25.2. The summed E-state index contributed by atoms with van der Waals surface area (Å²) in [6.07, 6.45) is 0. The summed E-state index contributed by atoms with van der Waals surface area (Å²) >= 11 is 0. The van der Waals surface area contributed by atoms with Crippen LogP contribution in [0.15, 0.2) is 16.9 Å². The molecule has 0 bridgehead atoms. The van der Waals surface area contributed by atoms with E-state index in [0.717, 1.165) is 11.1 Å². The van der Waals surface area contributed by atoms with Crippen molar-refractivity contribution < 1.29 is 15.0 Å². The molecule has 0 aliphatic rings. The highest BCUT2D eigenvalue weighted by Crippen LogP contribution is 2.19. The number of pyridine rings is 1. The number of rotatable bonds is 1. The molecule has 3 N–H and O–H groups in total. The van der Waals surface area contributed by atoms with Gasteiger partial charge in [0.2, 0.25) is 5.43 Å². The third-order valence-electron chi connectivity index (χ3n) is 2.80. The Morgan fingerprint density at radius 1 is 1.24 bits per heavy atom. The minimum absolute atomic E-state index is 0.288. The molecule has 0 saturated heterocycles. The smallest absolute Gasteiger partial charge is 0.356 e. The van der Waals surface area contributed by atoms with E-state index in [2.05, 4.69) is 4.98 Å². The van der Waals surface area contributed by atoms with Crippen LogP contribution in [0.25, 0.3) is 10.9 Å². The van der Waals surface area contributed by atoms with Crippen LogP contribution < -0.4 is 5.43 Å². The van der Waals surface area contributed by atoms with Crippen LogP contribution in [0.4, 0.5) is 0 Å². The van der Waals surface area contributed by atoms with Crippen LogP contribution in [0, 0.1) is 13.8 Å². The summed E-state index contributed by atoms with van der Waals surface area (Å²) in [5, 5.41) is 18.6. The van der Waals surface area contributed by atoms with Crippen LogP contribution in [-0.2, 0) is 0 Å². The standard InChI is InChI=1S/C12H11NO4/c1-5-3-7-8(4-6(5)2)13-9(12(16)17)11(15)10(7)14/h3-4,15H,1-2H3,(H,13,14)(H,16,17). The van der Waals surface area contributed by atoms with E-state index < -0.39 is 22.8 Å². The highest BCUT2D eigenvalue weighted by atomic mass is 16.4. The number of nitrogens with one attached hydrogen (secondary N) is 1. The second kappa shape index (κ2) is 3.62. The number of fused-ring (bicyclic) bond motifs is 1. The van der Waals surface area contributed by atoms with E-state index in [-0.39, 0.29) is 5.39 Å². The van der Waals surface area contributed by atoms with E-state index in [1.807, 2.05) is 13.8 Å². The van der Waals surface area contributed by atoms with Gasteiger partial charge in [-0.2, -0.15) is 0 Å². The molecule has 0 spiro atoms. The molecule has 0 atom stereocenters. The lowest BCUT2D eigenvalue weighted by molar-refractivity contribution is 0.0687. The molecule has 5 nitrogen and oxygen atoms in total. The minimum atomic E-state index is -1.36. The molecule has 17 heavy (non-hydrogen) atoms. The number of hydrogen-bond acceptors (Lipinski definition) is 3. The fourth-order valence-electron chi connectivity index (χ4n) is 1.70. The Morgan fingerprint density at radius 3 is 2.41 bits per heavy atom. The number of carboxylic acids is 1. The zero-order chi connectivity index (χ0) is 12.7. The SMILES string of the molecule is Cc1cc2[nH]c(C(=O)O)c(O)c(=O)c2cc1C. The molecule has 0 unspecified atom stereocenters. The van der Waals surface area contributed by atoms with Gasteiger partial charge >= 0.3 is 5.97 Å². The number of aromatic nitrogens is 1. The number of benzene rings is 1. The fourth-order valence-corrected chi connectivity index (χ4v) is 1.70. The van der Waals surface area contributed by atoms with Gasteiger partial charge in [-0.15, -0.1) is 0 Å². The molecule has 1 aromatic carbocycles. The van der Waals surface area contributed by atoms with Crippen LogP contribution in [0.1, 0.15) is 21.6 Å². The highest BCUT2D eigenvalue weighted by molar-refractivity contribution is 5.93. The van der Waals surface area contributed by atoms with Gasteiger partial charge in [-0.05, 0) is 37.1 Å². The molecule has 0 fully saturated rings. The van der Waals surface area contributed by atoms with Crippen LogP contribution in [0.3, 0.4) is 0 Å². The van der Waals surface area contributed by atoms with Gasteiger partial charge in [-0.1, -0.05) is 0 Å². The summed E-state index contributed by atoms with van der Waals surface area (Å²) in [5.41, 5.74) is 1.11. The van der Waals surface area contributed by atoms with E-state index in [4.69, 9.17) is 5.11 Å². The first-order chi connectivity index (χ1) is 7.91. The number of carbonyl (C=O) groups is 1. The fraction of sp³-hybridized carbons (Fsp3) is 0.167. The maximum absolute atomic E-state index is 11.8. The van der Waals surface area contributed by atoms with Crippen molar-refractivity contribution in [3.8, 4) is 5.75 Å². The van der Waals surface area contributed by atoms with E-state index >= 15 is 0 Å². The largest absolute Gasteiger partial charge is 0.502 e. The lowest BCUT2D eigenvalue weighted by atomic mass is 10.1. The molecule has 2 rings (SSSR count). The van der Waals surface area contributed by atoms with Gasteiger partial charge < -0.3 is 15.2 Å². The predicted molar refractivity (Wildman–Crippen MR) is 62.7 cm³/mol. The molecule has 5 heteroatoms. The Kier molecular flexibility index (Phi) is 2.38. The van der Waals surface area contributed by atoms with Gasteiger partial charge in [-0.25, -0.2) is 4.79 Å². The van der Waals surface area contributed by atoms with Crippen molar-refractivity contribution in [1.29, 1.82) is 0 Å². The van der Waals surface area contributed by atoms with Crippen molar-refractivity contribution in [1.82, 2.24) is 4.98 Å². The first-order valence-electron chi connectivity index (χ1n) is 5.01. The average Bonchev–Trinajstić information content (AvgIpc) is 2.26. The second-order valence-electron chi connectivity index (χ2n) is 3.96. The molecule has 0 saturated carbocycles. The summed E-state index contributed by atoms with van der Waals surface area (Å²) < 4.78 is 0. The zero-order valence-electron chi connectivity index (χ0n) is 9.37. The lowest BCUT2D eigenvalue weighted by Gasteiger charge is -2.06. The van der Waals surface area contributed by atoms with E-state index in [1.54, 1.807) is 12.1 Å². The first-order valence-corrected chi connectivity index (χ1v) is 5.01. The highest BCUT2D eigenvalue weighted by Gasteiger charge is 2.16. The Balaban J connectivity index is 2.96. The maximum Gasteiger partial charge on any atom is 0.356 e. The molecule has 1 aromatic heterocycles. The molecule has 0 amide bonds. The van der Waals surface area contributed by atoms with E-state index in [0.29, 0.717) is 5.52 Å². The molecule has 2 aromatic rings. The Labute approximate surface area is 96.3 Å². The number of H-pyrrole nitrogens is 1. The van der Waals surface area contributed by atoms with Crippen LogP contribution in [0.2, 0.25) is 0 Å². The zero-order valence-corrected chi connectivity index (χ0v) is 9.37. The topological polar surface area (TPSA) is 90.4 Å². The van der Waals surface area contributed by atoms with Gasteiger partial charge in [0.15, 0.2) is 11.4 Å². The monoisotopic (exact) mass is 233 g/mol. The first kappa shape index (κ1) is 11.2. The van der Waals surface area contributed by atoms with Crippen LogP contribution >= 0.6 is 0 Å². The molecule has 88 valence electrons. The molecule has 0 aliphatic carbocycles. The Morgan fingerprint density at radius 2 is 1.82 bits per heavy atom. The molecule has 1 heterocycles. The number of aromatic amines is 1. The summed E-state index contributed by atoms with van der Waals surface area (Å²) in [6, 6.07) is 3.33. The number of aromatic hydroxyl groups is 1. The quantitative estimate of drug-likeness (QED) is 0.697. The molecular formula is C12H11NO4. The Bertz CT molecular complexity index is 685. The Hall–Kier alpha value is -2.30. The van der Waals surface area contributed by atoms with Crippen molar-refractivity contribution in [3.05, 3.63) is 39.2 Å². The predicted octanol–water partition coefficient (Wildman–Crippen LogP) is 1.55. The summed E-state index contributed by atoms with van der Waals surface area (Å²) in [6.45, 7) is 3.71. The molecule has 0 aliphatic heterocycles. The van der Waals surface area contributed by atoms with Gasteiger partial charge in [0.1, 0.15) is 0 Å². The third-order valence-corrected chi connectivity index (χ3v) is 2.80. The van der Waals surface area contributed by atoms with Crippen molar-refractivity contribution >= 4 is 16.9 Å². The number of hydrogen-bond donors (Lipinski definition) is 3. The van der Waals surface area contributed by atoms with E-state index in [9.17, 15) is 14.7 Å². The van der Waals surface area contributed by atoms with Crippen molar-refractivity contribution in [2.75, 3.05) is 0 Å². The van der Waals surface area contributed by atoms with E-state index in [1.165, 1.54) is 0 Å². The van der Waals surface area contributed by atoms with Crippen molar-refractivity contribution in [2.24, 2.45) is 0 Å². The van der Waals surface area contributed by atoms with Crippen LogP contribution in [0.5, 0.6) is 5.75 Å². The van der Waals surface area contributed by atoms with Gasteiger partial charge in [-0.3, -0.25) is 4.79 Å². The minimum Gasteiger partial charge on any atom is -0.502 e. The maximum atomic E-state index is 11.8. The van der Waals surface area contributed by atoms with Crippen molar-refractivity contribution in [2.45, 2.75) is 13.8 Å². The number of aryl methyl sites for hydroxylation is 2. The van der Waals surface area contributed by atoms with Crippen molar-refractivity contribution in [3.63, 3.8) is 0 Å². The van der Waals surface area contributed by atoms with Gasteiger partial charge in [0.25, 0.3) is 0 Å². The number of aromatic carboxylic acids is 1. The molecular weight excluding hydrogens is 222 g/mol. The van der Waals surface area contributed by atoms with Crippen LogP contribution in [-0.4, -0.2) is 21.2 Å². The average molecular weight is 233 g/mol. The molecule has 0 radical (unpaired) electrons. The third kappa shape index (κ3) is 1.65. The number of carboxylic acid groups (broad SMARTS) is 1. The van der Waals surface area contributed by atoms with Gasteiger partial charge in [0, 0.05) is 5.39 Å². The second-order valence-corrected chi connectivity index (χ2v) is 3.96. The lowest BCUT2D eigenvalue weighted by Crippen LogP contribution is -2.11.